The van der Waals surface area contributed by atoms with Crippen molar-refractivity contribution < 1.29 is 8.42 Å². The molecule has 5 nitrogen and oxygen atoms in total. The minimum absolute atomic E-state index is 0.0188. The molecule has 0 unspecified atom stereocenters. The molecule has 21 heavy (non-hydrogen) atoms. The van der Waals surface area contributed by atoms with Crippen LogP contribution in [-0.2, 0) is 10.0 Å². The summed E-state index contributed by atoms with van der Waals surface area (Å²) in [5, 5.41) is 9.35. The zero-order valence-electron chi connectivity index (χ0n) is 10.5. The van der Waals surface area contributed by atoms with Crippen LogP contribution in [0.25, 0.3) is 0 Å². The third-order valence-electron chi connectivity index (χ3n) is 2.54. The first kappa shape index (κ1) is 15.4. The second-order valence-electron chi connectivity index (χ2n) is 4.13. The summed E-state index contributed by atoms with van der Waals surface area (Å²) in [6.45, 7) is 0. The Balaban J connectivity index is 2.41. The molecule has 3 N–H and O–H groups in total. The van der Waals surface area contributed by atoms with E-state index in [2.05, 4.69) is 4.72 Å². The van der Waals surface area contributed by atoms with Gasteiger partial charge >= 0.3 is 0 Å². The molecule has 0 aliphatic carbocycles. The van der Waals surface area contributed by atoms with Gasteiger partial charge in [-0.3, -0.25) is 4.72 Å². The molecule has 0 atom stereocenters. The molecule has 0 fully saturated rings. The van der Waals surface area contributed by atoms with E-state index in [0.29, 0.717) is 10.0 Å². The van der Waals surface area contributed by atoms with Crippen LogP contribution in [0.15, 0.2) is 41.3 Å². The highest BCUT2D eigenvalue weighted by Crippen LogP contribution is 2.26. The molecule has 2 rings (SSSR count). The van der Waals surface area contributed by atoms with Gasteiger partial charge in [0.05, 0.1) is 23.0 Å². The van der Waals surface area contributed by atoms with Crippen LogP contribution in [0.1, 0.15) is 5.56 Å². The number of anilines is 2. The van der Waals surface area contributed by atoms with Gasteiger partial charge in [0.2, 0.25) is 0 Å². The minimum atomic E-state index is -3.90. The monoisotopic (exact) mass is 341 g/mol. The number of rotatable bonds is 3. The summed E-state index contributed by atoms with van der Waals surface area (Å²) in [6, 6.07) is 10.1. The van der Waals surface area contributed by atoms with E-state index < -0.39 is 10.0 Å². The van der Waals surface area contributed by atoms with E-state index in [1.165, 1.54) is 36.4 Å². The molecule has 0 heterocycles. The largest absolute Gasteiger partial charge is 0.398 e. The number of nitrogen functional groups attached to an aromatic ring is 1. The number of hydrogen-bond acceptors (Lipinski definition) is 4. The fourth-order valence-corrected chi connectivity index (χ4v) is 3.37. The van der Waals surface area contributed by atoms with Crippen molar-refractivity contribution in [1.82, 2.24) is 0 Å². The predicted molar refractivity (Wildman–Crippen MR) is 82.8 cm³/mol. The van der Waals surface area contributed by atoms with E-state index in [1.807, 2.05) is 6.07 Å². The third-order valence-corrected chi connectivity index (χ3v) is 4.43. The van der Waals surface area contributed by atoms with Gasteiger partial charge in [-0.2, -0.15) is 5.26 Å². The second kappa shape index (κ2) is 5.82. The molecule has 2 aromatic carbocycles. The number of hydrogen-bond donors (Lipinski definition) is 2. The van der Waals surface area contributed by atoms with Gasteiger partial charge in [0.15, 0.2) is 0 Å². The van der Waals surface area contributed by atoms with Gasteiger partial charge in [0.25, 0.3) is 10.0 Å². The molecular formula is C13H9Cl2N3O2S. The van der Waals surface area contributed by atoms with E-state index in [4.69, 9.17) is 34.2 Å². The van der Waals surface area contributed by atoms with Crippen molar-refractivity contribution in [3.63, 3.8) is 0 Å². The summed E-state index contributed by atoms with van der Waals surface area (Å²) in [5.41, 5.74) is 6.15. The summed E-state index contributed by atoms with van der Waals surface area (Å²) in [4.78, 5) is -0.127. The van der Waals surface area contributed by atoms with E-state index in [-0.39, 0.29) is 21.8 Å². The van der Waals surface area contributed by atoms with Crippen molar-refractivity contribution in [3.05, 3.63) is 52.0 Å². The number of nitriles is 1. The molecule has 108 valence electrons. The normalized spacial score (nSPS) is 10.9. The lowest BCUT2D eigenvalue weighted by Crippen LogP contribution is -2.15. The lowest BCUT2D eigenvalue weighted by Gasteiger charge is -2.11. The average molecular weight is 342 g/mol. The van der Waals surface area contributed by atoms with Crippen LogP contribution < -0.4 is 10.5 Å². The molecule has 0 aliphatic heterocycles. The molecule has 0 spiro atoms. The maximum atomic E-state index is 12.3. The molecule has 2 aromatic rings. The highest BCUT2D eigenvalue weighted by Gasteiger charge is 2.18. The first-order valence-electron chi connectivity index (χ1n) is 5.60. The highest BCUT2D eigenvalue weighted by molar-refractivity contribution is 7.92. The van der Waals surface area contributed by atoms with E-state index >= 15 is 0 Å². The van der Waals surface area contributed by atoms with Crippen LogP contribution in [0.3, 0.4) is 0 Å². The topological polar surface area (TPSA) is 96.0 Å². The molecule has 0 saturated heterocycles. The van der Waals surface area contributed by atoms with Crippen LogP contribution in [0.4, 0.5) is 11.4 Å². The van der Waals surface area contributed by atoms with E-state index in [1.54, 1.807) is 0 Å². The van der Waals surface area contributed by atoms with Gasteiger partial charge in [0.1, 0.15) is 4.90 Å². The zero-order chi connectivity index (χ0) is 15.6. The SMILES string of the molecule is N#Cc1ccc(S(=O)(=O)Nc2cc(Cl)cc(Cl)c2)c(N)c1. The lowest BCUT2D eigenvalue weighted by atomic mass is 10.2. The van der Waals surface area contributed by atoms with Crippen molar-refractivity contribution in [3.8, 4) is 6.07 Å². The van der Waals surface area contributed by atoms with E-state index in [9.17, 15) is 8.42 Å². The van der Waals surface area contributed by atoms with Gasteiger partial charge in [-0.1, -0.05) is 23.2 Å². The molecule has 0 amide bonds. The number of nitrogens with two attached hydrogens (primary N) is 1. The molecule has 0 radical (unpaired) electrons. The van der Waals surface area contributed by atoms with Crippen molar-refractivity contribution in [2.45, 2.75) is 4.90 Å². The second-order valence-corrected chi connectivity index (χ2v) is 6.65. The Labute approximate surface area is 132 Å². The Kier molecular flexibility index (Phi) is 4.28. The van der Waals surface area contributed by atoms with Gasteiger partial charge < -0.3 is 5.73 Å². The molecule has 0 bridgehead atoms. The number of benzene rings is 2. The van der Waals surface area contributed by atoms with Gasteiger partial charge in [-0.05, 0) is 36.4 Å². The van der Waals surface area contributed by atoms with Crippen LogP contribution in [0, 0.1) is 11.3 Å². The fraction of sp³-hybridized carbons (Fsp3) is 0. The summed E-state index contributed by atoms with van der Waals surface area (Å²) < 4.78 is 26.9. The maximum absolute atomic E-state index is 12.3. The lowest BCUT2D eigenvalue weighted by molar-refractivity contribution is 0.601. The predicted octanol–water partition coefficient (Wildman–Crippen LogP) is 3.25. The Hall–Kier alpha value is -1.94. The Morgan fingerprint density at radius 2 is 1.71 bits per heavy atom. The first-order valence-corrected chi connectivity index (χ1v) is 7.84. The summed E-state index contributed by atoms with van der Waals surface area (Å²) >= 11 is 11.6. The smallest absolute Gasteiger partial charge is 0.263 e. The van der Waals surface area contributed by atoms with E-state index in [0.717, 1.165) is 0 Å². The van der Waals surface area contributed by atoms with Gasteiger partial charge in [-0.25, -0.2) is 8.42 Å². The fourth-order valence-electron chi connectivity index (χ4n) is 1.69. The Bertz CT molecular complexity index is 825. The third kappa shape index (κ3) is 3.58. The molecule has 0 aromatic heterocycles. The zero-order valence-corrected chi connectivity index (χ0v) is 12.8. The van der Waals surface area contributed by atoms with Crippen molar-refractivity contribution >= 4 is 44.6 Å². The summed E-state index contributed by atoms with van der Waals surface area (Å²) in [5.74, 6) is 0. The molecular weight excluding hydrogens is 333 g/mol. The van der Waals surface area contributed by atoms with Crippen LogP contribution in [0.2, 0.25) is 10.0 Å². The Morgan fingerprint density at radius 1 is 1.10 bits per heavy atom. The van der Waals surface area contributed by atoms with Crippen molar-refractivity contribution in [2.24, 2.45) is 0 Å². The number of sulfonamides is 1. The quantitative estimate of drug-likeness (QED) is 0.837. The molecule has 8 heteroatoms. The number of nitrogens with zero attached hydrogens (tertiary/aromatic N) is 1. The Morgan fingerprint density at radius 3 is 2.24 bits per heavy atom. The van der Waals surface area contributed by atoms with Crippen molar-refractivity contribution in [2.75, 3.05) is 10.5 Å². The highest BCUT2D eigenvalue weighted by atomic mass is 35.5. The van der Waals surface area contributed by atoms with Gasteiger partial charge in [-0.15, -0.1) is 0 Å². The average Bonchev–Trinajstić information content (AvgIpc) is 2.36. The van der Waals surface area contributed by atoms with Crippen LogP contribution in [-0.4, -0.2) is 8.42 Å². The number of halogens is 2. The van der Waals surface area contributed by atoms with Crippen LogP contribution in [0.5, 0.6) is 0 Å². The molecule has 0 saturated carbocycles. The minimum Gasteiger partial charge on any atom is -0.398 e. The standard InChI is InChI=1S/C13H9Cl2N3O2S/c14-9-4-10(15)6-11(5-9)18-21(19,20)13-2-1-8(7-16)3-12(13)17/h1-6,18H,17H2. The first-order chi connectivity index (χ1) is 9.81. The van der Waals surface area contributed by atoms with Crippen molar-refractivity contribution in [1.29, 1.82) is 5.26 Å². The van der Waals surface area contributed by atoms with Crippen LogP contribution >= 0.6 is 23.2 Å². The summed E-state index contributed by atoms with van der Waals surface area (Å²) in [7, 11) is -3.90. The summed E-state index contributed by atoms with van der Waals surface area (Å²) in [6.07, 6.45) is 0. The number of nitrogens with one attached hydrogen (secondary N) is 1. The molecule has 0 aliphatic rings. The maximum Gasteiger partial charge on any atom is 0.263 e. The van der Waals surface area contributed by atoms with Gasteiger partial charge in [0, 0.05) is 10.0 Å².